The summed E-state index contributed by atoms with van der Waals surface area (Å²) < 4.78 is 32.1. The standard InChI is InChI=1S/C22H19N3O5S/c23-14-16-5-8-19(9-6-16)25-21(26)15-30-22(27)11-12-24-31(28,29)20-10-7-17-3-1-2-4-18(17)13-20/h1-10,13,24H,11-12,15H2,(H,25,26). The molecular formula is C22H19N3O5S. The molecule has 3 aromatic carbocycles. The van der Waals surface area contributed by atoms with Crippen molar-refractivity contribution in [3.05, 3.63) is 72.3 Å². The third kappa shape index (κ3) is 6.12. The lowest BCUT2D eigenvalue weighted by Crippen LogP contribution is -2.28. The highest BCUT2D eigenvalue weighted by molar-refractivity contribution is 7.89. The highest BCUT2D eigenvalue weighted by Gasteiger charge is 2.15. The first-order valence-electron chi connectivity index (χ1n) is 9.31. The molecule has 158 valence electrons. The summed E-state index contributed by atoms with van der Waals surface area (Å²) >= 11 is 0. The lowest BCUT2D eigenvalue weighted by Gasteiger charge is -2.09. The number of nitrogens with one attached hydrogen (secondary N) is 2. The summed E-state index contributed by atoms with van der Waals surface area (Å²) in [5.74, 6) is -1.26. The van der Waals surface area contributed by atoms with Crippen molar-refractivity contribution in [2.75, 3.05) is 18.5 Å². The van der Waals surface area contributed by atoms with Crippen molar-refractivity contribution < 1.29 is 22.7 Å². The molecular weight excluding hydrogens is 418 g/mol. The second-order valence-corrected chi connectivity index (χ2v) is 8.32. The third-order valence-electron chi connectivity index (χ3n) is 4.31. The van der Waals surface area contributed by atoms with E-state index < -0.39 is 28.5 Å². The molecule has 0 radical (unpaired) electrons. The monoisotopic (exact) mass is 437 g/mol. The maximum Gasteiger partial charge on any atom is 0.307 e. The molecule has 0 aliphatic rings. The molecule has 1 amide bonds. The molecule has 0 saturated carbocycles. The van der Waals surface area contributed by atoms with Crippen molar-refractivity contribution >= 4 is 38.4 Å². The Balaban J connectivity index is 1.44. The van der Waals surface area contributed by atoms with E-state index in [4.69, 9.17) is 10.00 Å². The van der Waals surface area contributed by atoms with E-state index in [1.807, 2.05) is 30.3 Å². The molecule has 0 bridgehead atoms. The molecule has 0 fully saturated rings. The van der Waals surface area contributed by atoms with Crippen LogP contribution in [0.15, 0.2) is 71.6 Å². The molecule has 3 rings (SSSR count). The van der Waals surface area contributed by atoms with E-state index in [0.29, 0.717) is 11.3 Å². The number of hydrogen-bond acceptors (Lipinski definition) is 6. The van der Waals surface area contributed by atoms with Gasteiger partial charge in [-0.3, -0.25) is 9.59 Å². The molecule has 0 aromatic heterocycles. The number of anilines is 1. The number of carbonyl (C=O) groups is 2. The van der Waals surface area contributed by atoms with Crippen LogP contribution in [0.25, 0.3) is 10.8 Å². The summed E-state index contributed by atoms with van der Waals surface area (Å²) in [6.07, 6.45) is -0.225. The molecule has 9 heteroatoms. The van der Waals surface area contributed by atoms with Crippen molar-refractivity contribution in [3.8, 4) is 6.07 Å². The normalized spacial score (nSPS) is 10.9. The minimum atomic E-state index is -3.79. The van der Waals surface area contributed by atoms with Gasteiger partial charge < -0.3 is 10.1 Å². The van der Waals surface area contributed by atoms with E-state index in [1.165, 1.54) is 6.07 Å². The molecule has 0 saturated heterocycles. The van der Waals surface area contributed by atoms with Gasteiger partial charge in [0.2, 0.25) is 10.0 Å². The number of amides is 1. The molecule has 0 aliphatic heterocycles. The van der Waals surface area contributed by atoms with Crippen LogP contribution in [-0.4, -0.2) is 33.4 Å². The van der Waals surface area contributed by atoms with E-state index in [9.17, 15) is 18.0 Å². The van der Waals surface area contributed by atoms with Crippen LogP contribution >= 0.6 is 0 Å². The quantitative estimate of drug-likeness (QED) is 0.522. The van der Waals surface area contributed by atoms with Gasteiger partial charge in [0.15, 0.2) is 6.61 Å². The van der Waals surface area contributed by atoms with Crippen LogP contribution in [0.4, 0.5) is 5.69 Å². The molecule has 0 unspecified atom stereocenters. The lowest BCUT2D eigenvalue weighted by atomic mass is 10.1. The molecule has 0 spiro atoms. The van der Waals surface area contributed by atoms with E-state index in [1.54, 1.807) is 36.4 Å². The average molecular weight is 437 g/mol. The lowest BCUT2D eigenvalue weighted by molar-refractivity contribution is -0.147. The fourth-order valence-corrected chi connectivity index (χ4v) is 3.82. The molecule has 2 N–H and O–H groups in total. The summed E-state index contributed by atoms with van der Waals surface area (Å²) in [4.78, 5) is 23.7. The second-order valence-electron chi connectivity index (χ2n) is 6.55. The Morgan fingerprint density at radius 2 is 1.68 bits per heavy atom. The Morgan fingerprint density at radius 1 is 0.968 bits per heavy atom. The van der Waals surface area contributed by atoms with Crippen molar-refractivity contribution in [2.45, 2.75) is 11.3 Å². The largest absolute Gasteiger partial charge is 0.456 e. The Labute approximate surface area is 179 Å². The van der Waals surface area contributed by atoms with Gasteiger partial charge in [0.1, 0.15) is 0 Å². The van der Waals surface area contributed by atoms with E-state index in [2.05, 4.69) is 10.0 Å². The smallest absolute Gasteiger partial charge is 0.307 e. The van der Waals surface area contributed by atoms with Crippen molar-refractivity contribution in [2.24, 2.45) is 0 Å². The van der Waals surface area contributed by atoms with Gasteiger partial charge in [-0.25, -0.2) is 13.1 Å². The van der Waals surface area contributed by atoms with Crippen LogP contribution in [-0.2, 0) is 24.3 Å². The van der Waals surface area contributed by atoms with Gasteiger partial charge in [0.25, 0.3) is 5.91 Å². The van der Waals surface area contributed by atoms with Crippen LogP contribution in [0.5, 0.6) is 0 Å². The van der Waals surface area contributed by atoms with Gasteiger partial charge in [-0.15, -0.1) is 0 Å². The highest BCUT2D eigenvalue weighted by Crippen LogP contribution is 2.18. The number of benzene rings is 3. The number of nitriles is 1. The first-order chi connectivity index (χ1) is 14.9. The minimum Gasteiger partial charge on any atom is -0.456 e. The van der Waals surface area contributed by atoms with Gasteiger partial charge in [0.05, 0.1) is 22.9 Å². The Kier molecular flexibility index (Phi) is 6.97. The summed E-state index contributed by atoms with van der Waals surface area (Å²) in [6, 6.07) is 20.3. The number of ether oxygens (including phenoxy) is 1. The van der Waals surface area contributed by atoms with Gasteiger partial charge in [-0.2, -0.15) is 5.26 Å². The number of hydrogen-bond donors (Lipinski definition) is 2. The molecule has 31 heavy (non-hydrogen) atoms. The van der Waals surface area contributed by atoms with Gasteiger partial charge in [-0.05, 0) is 47.2 Å². The predicted octanol–water partition coefficient (Wildman–Crippen LogP) is 2.56. The number of carbonyl (C=O) groups excluding carboxylic acids is 2. The molecule has 0 atom stereocenters. The first kappa shape index (κ1) is 22.0. The predicted molar refractivity (Wildman–Crippen MR) is 114 cm³/mol. The minimum absolute atomic E-state index is 0.0985. The highest BCUT2D eigenvalue weighted by atomic mass is 32.2. The Hall–Kier alpha value is -3.74. The maximum absolute atomic E-state index is 12.4. The van der Waals surface area contributed by atoms with E-state index >= 15 is 0 Å². The van der Waals surface area contributed by atoms with Crippen molar-refractivity contribution in [1.29, 1.82) is 5.26 Å². The third-order valence-corrected chi connectivity index (χ3v) is 5.77. The second kappa shape index (κ2) is 9.84. The number of rotatable bonds is 8. The van der Waals surface area contributed by atoms with Crippen molar-refractivity contribution in [3.63, 3.8) is 0 Å². The van der Waals surface area contributed by atoms with E-state index in [0.717, 1.165) is 10.8 Å². The zero-order valence-corrected chi connectivity index (χ0v) is 17.2. The van der Waals surface area contributed by atoms with Crippen LogP contribution < -0.4 is 10.0 Å². The molecule has 0 heterocycles. The summed E-state index contributed by atoms with van der Waals surface area (Å²) in [5, 5.41) is 13.0. The topological polar surface area (TPSA) is 125 Å². The molecule has 3 aromatic rings. The number of nitrogens with zero attached hydrogens (tertiary/aromatic N) is 1. The average Bonchev–Trinajstić information content (AvgIpc) is 2.78. The maximum atomic E-state index is 12.4. The number of sulfonamides is 1. The zero-order valence-electron chi connectivity index (χ0n) is 16.4. The number of esters is 1. The Bertz CT molecular complexity index is 1250. The van der Waals surface area contributed by atoms with Crippen LogP contribution in [0, 0.1) is 11.3 Å². The van der Waals surface area contributed by atoms with Gasteiger partial charge in [0, 0.05) is 12.2 Å². The fourth-order valence-electron chi connectivity index (χ4n) is 2.75. The summed E-state index contributed by atoms with van der Waals surface area (Å²) in [7, 11) is -3.79. The van der Waals surface area contributed by atoms with Gasteiger partial charge >= 0.3 is 5.97 Å². The summed E-state index contributed by atoms with van der Waals surface area (Å²) in [5.41, 5.74) is 0.916. The van der Waals surface area contributed by atoms with Crippen molar-refractivity contribution in [1.82, 2.24) is 4.72 Å². The van der Waals surface area contributed by atoms with Crippen LogP contribution in [0.2, 0.25) is 0 Å². The first-order valence-corrected chi connectivity index (χ1v) is 10.8. The summed E-state index contributed by atoms with van der Waals surface area (Å²) in [6.45, 7) is -0.665. The van der Waals surface area contributed by atoms with Crippen LogP contribution in [0.3, 0.4) is 0 Å². The Morgan fingerprint density at radius 3 is 2.39 bits per heavy atom. The SMILES string of the molecule is N#Cc1ccc(NC(=O)COC(=O)CCNS(=O)(=O)c2ccc3ccccc3c2)cc1. The zero-order chi connectivity index (χ0) is 22.3. The molecule has 8 nitrogen and oxygen atoms in total. The van der Waals surface area contributed by atoms with E-state index in [-0.39, 0.29) is 17.9 Å². The van der Waals surface area contributed by atoms with Crippen LogP contribution in [0.1, 0.15) is 12.0 Å². The molecule has 0 aliphatic carbocycles. The number of fused-ring (bicyclic) bond motifs is 1. The fraction of sp³-hybridized carbons (Fsp3) is 0.136. The van der Waals surface area contributed by atoms with Gasteiger partial charge in [-0.1, -0.05) is 30.3 Å².